The maximum absolute atomic E-state index is 12.7. The Bertz CT molecular complexity index is 809. The van der Waals surface area contributed by atoms with Gasteiger partial charge in [0.2, 0.25) is 15.9 Å². The van der Waals surface area contributed by atoms with Crippen molar-refractivity contribution in [2.45, 2.75) is 25.3 Å². The highest BCUT2D eigenvalue weighted by Gasteiger charge is 2.28. The van der Waals surface area contributed by atoms with E-state index in [0.717, 1.165) is 22.1 Å². The molecular formula is C17H19ClN2O3S. The summed E-state index contributed by atoms with van der Waals surface area (Å²) in [5, 5.41) is 1.57. The zero-order valence-corrected chi connectivity index (χ0v) is 14.7. The molecule has 0 radical (unpaired) electrons. The summed E-state index contributed by atoms with van der Waals surface area (Å²) in [6.45, 7) is 4.37. The number of piperidine rings is 1. The van der Waals surface area contributed by atoms with E-state index >= 15 is 0 Å². The SMILES string of the molecule is C=CS(=O)(=O)NC1CCN(C(=O)C2=Cc3cc(Cl)ccc3C2)CC1. The highest BCUT2D eigenvalue weighted by atomic mass is 35.5. The highest BCUT2D eigenvalue weighted by Crippen LogP contribution is 2.29. The molecule has 0 atom stereocenters. The van der Waals surface area contributed by atoms with Crippen LogP contribution >= 0.6 is 11.6 Å². The molecule has 1 aliphatic carbocycles. The van der Waals surface area contributed by atoms with Crippen LogP contribution in [0.5, 0.6) is 0 Å². The number of nitrogens with one attached hydrogen (secondary N) is 1. The molecule has 1 amide bonds. The van der Waals surface area contributed by atoms with Gasteiger partial charge < -0.3 is 4.90 Å². The number of hydrogen-bond acceptors (Lipinski definition) is 3. The molecule has 1 aromatic carbocycles. The van der Waals surface area contributed by atoms with Gasteiger partial charge in [-0.15, -0.1) is 0 Å². The summed E-state index contributed by atoms with van der Waals surface area (Å²) in [5.41, 5.74) is 2.87. The summed E-state index contributed by atoms with van der Waals surface area (Å²) < 4.78 is 25.6. The number of sulfonamides is 1. The molecule has 1 N–H and O–H groups in total. The van der Waals surface area contributed by atoms with Gasteiger partial charge in [0.1, 0.15) is 0 Å². The average molecular weight is 367 g/mol. The zero-order chi connectivity index (χ0) is 17.3. The van der Waals surface area contributed by atoms with E-state index in [9.17, 15) is 13.2 Å². The van der Waals surface area contributed by atoms with Crippen LogP contribution in [0.15, 0.2) is 35.8 Å². The van der Waals surface area contributed by atoms with Crippen molar-refractivity contribution in [2.24, 2.45) is 0 Å². The summed E-state index contributed by atoms with van der Waals surface area (Å²) in [7, 11) is -3.43. The lowest BCUT2D eigenvalue weighted by molar-refractivity contribution is -0.128. The zero-order valence-electron chi connectivity index (χ0n) is 13.2. The minimum Gasteiger partial charge on any atom is -0.339 e. The number of carbonyl (C=O) groups is 1. The topological polar surface area (TPSA) is 66.5 Å². The van der Waals surface area contributed by atoms with Gasteiger partial charge in [0.15, 0.2) is 0 Å². The minimum atomic E-state index is -3.43. The minimum absolute atomic E-state index is 0.0207. The number of halogens is 1. The fraction of sp³-hybridized carbons (Fsp3) is 0.353. The quantitative estimate of drug-likeness (QED) is 0.889. The van der Waals surface area contributed by atoms with Gasteiger partial charge >= 0.3 is 0 Å². The van der Waals surface area contributed by atoms with E-state index in [1.165, 1.54) is 0 Å². The third-order valence-corrected chi connectivity index (χ3v) is 5.76. The molecule has 5 nitrogen and oxygen atoms in total. The van der Waals surface area contributed by atoms with Crippen LogP contribution in [0.1, 0.15) is 24.0 Å². The molecule has 1 aromatic rings. The Labute approximate surface area is 147 Å². The fourth-order valence-electron chi connectivity index (χ4n) is 3.13. The predicted octanol–water partition coefficient (Wildman–Crippen LogP) is 2.33. The van der Waals surface area contributed by atoms with Gasteiger partial charge in [0.25, 0.3) is 0 Å². The highest BCUT2D eigenvalue weighted by molar-refractivity contribution is 7.92. The number of likely N-dealkylation sites (tertiary alicyclic amines) is 1. The van der Waals surface area contributed by atoms with Gasteiger partial charge in [-0.2, -0.15) is 0 Å². The molecule has 3 rings (SSSR count). The molecule has 0 bridgehead atoms. The van der Waals surface area contributed by atoms with E-state index in [0.29, 0.717) is 37.4 Å². The van der Waals surface area contributed by atoms with Crippen molar-refractivity contribution in [2.75, 3.05) is 13.1 Å². The second-order valence-corrected chi connectivity index (χ2v) is 8.18. The molecule has 2 aliphatic rings. The van der Waals surface area contributed by atoms with Crippen LogP contribution in [0.2, 0.25) is 5.02 Å². The molecule has 128 valence electrons. The number of nitrogens with zero attached hydrogens (tertiary/aromatic N) is 1. The molecule has 7 heteroatoms. The molecule has 0 spiro atoms. The van der Waals surface area contributed by atoms with Crippen LogP contribution in [-0.2, 0) is 21.2 Å². The van der Waals surface area contributed by atoms with E-state index in [4.69, 9.17) is 11.6 Å². The lowest BCUT2D eigenvalue weighted by atomic mass is 10.0. The summed E-state index contributed by atoms with van der Waals surface area (Å²) in [4.78, 5) is 14.5. The third-order valence-electron chi connectivity index (χ3n) is 4.43. The van der Waals surface area contributed by atoms with Crippen molar-refractivity contribution in [1.82, 2.24) is 9.62 Å². The number of fused-ring (bicyclic) bond motifs is 1. The van der Waals surface area contributed by atoms with Crippen molar-refractivity contribution in [3.63, 3.8) is 0 Å². The van der Waals surface area contributed by atoms with E-state index in [1.54, 1.807) is 4.90 Å². The van der Waals surface area contributed by atoms with Crippen molar-refractivity contribution in [3.8, 4) is 0 Å². The summed E-state index contributed by atoms with van der Waals surface area (Å²) in [6, 6.07) is 5.50. The van der Waals surface area contributed by atoms with E-state index in [2.05, 4.69) is 11.3 Å². The Kier molecular flexibility index (Phi) is 4.80. The van der Waals surface area contributed by atoms with Crippen LogP contribution < -0.4 is 4.72 Å². The normalized spacial score (nSPS) is 18.2. The smallest absolute Gasteiger partial charge is 0.250 e. The number of hydrogen-bond donors (Lipinski definition) is 1. The van der Waals surface area contributed by atoms with Gasteiger partial charge in [-0.25, -0.2) is 13.1 Å². The second-order valence-electron chi connectivity index (χ2n) is 6.09. The van der Waals surface area contributed by atoms with Gasteiger partial charge in [-0.3, -0.25) is 4.79 Å². The first-order valence-electron chi connectivity index (χ1n) is 7.81. The Morgan fingerprint density at radius 1 is 1.33 bits per heavy atom. The Balaban J connectivity index is 1.61. The molecule has 0 aromatic heterocycles. The fourth-order valence-corrected chi connectivity index (χ4v) is 4.10. The Morgan fingerprint density at radius 3 is 2.71 bits per heavy atom. The van der Waals surface area contributed by atoms with Crippen molar-refractivity contribution in [3.05, 3.63) is 51.9 Å². The van der Waals surface area contributed by atoms with Crippen molar-refractivity contribution in [1.29, 1.82) is 0 Å². The number of rotatable bonds is 4. The van der Waals surface area contributed by atoms with E-state index in [1.807, 2.05) is 24.3 Å². The Morgan fingerprint density at radius 2 is 2.04 bits per heavy atom. The molecule has 1 aliphatic heterocycles. The molecule has 1 saturated heterocycles. The molecular weight excluding hydrogens is 348 g/mol. The van der Waals surface area contributed by atoms with Gasteiger partial charge in [-0.1, -0.05) is 24.2 Å². The van der Waals surface area contributed by atoms with Gasteiger partial charge in [-0.05, 0) is 42.2 Å². The second kappa shape index (κ2) is 6.70. The van der Waals surface area contributed by atoms with Crippen molar-refractivity contribution >= 4 is 33.6 Å². The first kappa shape index (κ1) is 17.2. The average Bonchev–Trinajstić information content (AvgIpc) is 2.97. The lowest BCUT2D eigenvalue weighted by Crippen LogP contribution is -2.46. The summed E-state index contributed by atoms with van der Waals surface area (Å²) in [6.07, 6.45) is 3.72. The predicted molar refractivity (Wildman–Crippen MR) is 95.0 cm³/mol. The monoisotopic (exact) mass is 366 g/mol. The third kappa shape index (κ3) is 3.71. The van der Waals surface area contributed by atoms with Gasteiger partial charge in [0, 0.05) is 41.6 Å². The molecule has 0 unspecified atom stereocenters. The van der Waals surface area contributed by atoms with Gasteiger partial charge in [0.05, 0.1) is 0 Å². The first-order valence-corrected chi connectivity index (χ1v) is 9.73. The molecule has 0 saturated carbocycles. The summed E-state index contributed by atoms with van der Waals surface area (Å²) in [5.74, 6) is 0.0207. The molecule has 1 fully saturated rings. The summed E-state index contributed by atoms with van der Waals surface area (Å²) >= 11 is 5.99. The van der Waals surface area contributed by atoms with Crippen LogP contribution in [-0.4, -0.2) is 38.4 Å². The maximum atomic E-state index is 12.7. The largest absolute Gasteiger partial charge is 0.339 e. The lowest BCUT2D eigenvalue weighted by Gasteiger charge is -2.32. The first-order chi connectivity index (χ1) is 11.4. The molecule has 24 heavy (non-hydrogen) atoms. The number of amides is 1. The van der Waals surface area contributed by atoms with E-state index in [-0.39, 0.29) is 11.9 Å². The van der Waals surface area contributed by atoms with Crippen LogP contribution in [0.3, 0.4) is 0 Å². The van der Waals surface area contributed by atoms with Crippen LogP contribution in [0.4, 0.5) is 0 Å². The number of benzene rings is 1. The number of carbonyl (C=O) groups excluding carboxylic acids is 1. The molecule has 1 heterocycles. The van der Waals surface area contributed by atoms with E-state index < -0.39 is 10.0 Å². The van der Waals surface area contributed by atoms with Crippen LogP contribution in [0.25, 0.3) is 6.08 Å². The Hall–Kier alpha value is -1.63. The standard InChI is InChI=1S/C17H19ClN2O3S/c1-2-24(22,23)19-16-5-7-20(8-6-16)17(21)14-9-12-3-4-15(18)11-13(12)10-14/h2-4,10-11,16,19H,1,5-9H2. The van der Waals surface area contributed by atoms with Crippen LogP contribution in [0, 0.1) is 0 Å². The van der Waals surface area contributed by atoms with Crippen molar-refractivity contribution < 1.29 is 13.2 Å². The maximum Gasteiger partial charge on any atom is 0.250 e.